The molecule has 0 spiro atoms. The van der Waals surface area contributed by atoms with E-state index in [4.69, 9.17) is 10.1 Å². The second-order valence-corrected chi connectivity index (χ2v) is 7.60. The Hall–Kier alpha value is -3.11. The number of aliphatic hydroxyl groups is 1. The summed E-state index contributed by atoms with van der Waals surface area (Å²) in [7, 11) is 0. The molecule has 4 aromatic heterocycles. The summed E-state index contributed by atoms with van der Waals surface area (Å²) < 4.78 is 3.46. The van der Waals surface area contributed by atoms with Crippen LogP contribution in [0, 0.1) is 0 Å². The highest BCUT2D eigenvalue weighted by Crippen LogP contribution is 2.33. The van der Waals surface area contributed by atoms with Crippen LogP contribution in [0.15, 0.2) is 48.0 Å². The molecule has 5 rings (SSSR count). The van der Waals surface area contributed by atoms with Gasteiger partial charge in [0.1, 0.15) is 0 Å². The molecule has 140 valence electrons. The van der Waals surface area contributed by atoms with Gasteiger partial charge in [0.2, 0.25) is 5.65 Å². The first-order chi connectivity index (χ1) is 13.8. The van der Waals surface area contributed by atoms with E-state index in [1.807, 2.05) is 24.7 Å². The number of hydrogen-bond donors (Lipinski definition) is 1. The van der Waals surface area contributed by atoms with E-state index in [0.29, 0.717) is 30.1 Å². The normalized spacial score (nSPS) is 15.8. The van der Waals surface area contributed by atoms with E-state index in [1.165, 1.54) is 4.90 Å². The smallest absolute Gasteiger partial charge is 0.221 e. The molecular weight excluding hydrogens is 376 g/mol. The molecule has 0 bridgehead atoms. The van der Waals surface area contributed by atoms with Gasteiger partial charge in [0.05, 0.1) is 37.8 Å². The molecule has 0 radical (unpaired) electrons. The number of aromatic nitrogens is 8. The van der Waals surface area contributed by atoms with Crippen LogP contribution in [0.1, 0.15) is 5.56 Å². The third-order valence-corrected chi connectivity index (χ3v) is 5.65. The summed E-state index contributed by atoms with van der Waals surface area (Å²) in [6.45, 7) is 1.12. The van der Waals surface area contributed by atoms with Crippen LogP contribution >= 0.6 is 11.8 Å². The zero-order valence-electron chi connectivity index (χ0n) is 14.8. The van der Waals surface area contributed by atoms with Crippen molar-refractivity contribution in [1.29, 1.82) is 0 Å². The SMILES string of the molecule is OCCn1cc(-c2cnc3nnn(CC4C=Cc5cnccc5S4)c3n2)cn1. The highest BCUT2D eigenvalue weighted by atomic mass is 32.2. The van der Waals surface area contributed by atoms with Crippen molar-refractivity contribution in [3.8, 4) is 11.3 Å². The van der Waals surface area contributed by atoms with Gasteiger partial charge in [0.25, 0.3) is 0 Å². The fourth-order valence-corrected chi connectivity index (χ4v) is 4.14. The quantitative estimate of drug-likeness (QED) is 0.546. The molecule has 1 aliphatic rings. The van der Waals surface area contributed by atoms with Crippen LogP contribution < -0.4 is 0 Å². The molecule has 5 heterocycles. The van der Waals surface area contributed by atoms with Gasteiger partial charge in [-0.3, -0.25) is 9.67 Å². The van der Waals surface area contributed by atoms with Gasteiger partial charge in [-0.05, 0) is 6.07 Å². The van der Waals surface area contributed by atoms with Gasteiger partial charge in [-0.1, -0.05) is 17.4 Å². The summed E-state index contributed by atoms with van der Waals surface area (Å²) in [5.41, 5.74) is 3.82. The predicted octanol–water partition coefficient (Wildman–Crippen LogP) is 1.66. The van der Waals surface area contributed by atoms with E-state index in [2.05, 4.69) is 37.5 Å². The van der Waals surface area contributed by atoms with Gasteiger partial charge in [-0.15, -0.1) is 16.9 Å². The lowest BCUT2D eigenvalue weighted by Gasteiger charge is -2.18. The Balaban J connectivity index is 1.42. The Bertz CT molecular complexity index is 1170. The van der Waals surface area contributed by atoms with Crippen molar-refractivity contribution in [2.24, 2.45) is 0 Å². The molecule has 1 aliphatic heterocycles. The minimum atomic E-state index is 0.0360. The molecule has 0 aliphatic carbocycles. The summed E-state index contributed by atoms with van der Waals surface area (Å²) in [5.74, 6) is 0. The molecule has 1 atom stereocenters. The molecule has 0 saturated heterocycles. The second kappa shape index (κ2) is 7.13. The van der Waals surface area contributed by atoms with Crippen LogP contribution in [-0.4, -0.2) is 56.7 Å². The van der Waals surface area contributed by atoms with Gasteiger partial charge >= 0.3 is 0 Å². The maximum atomic E-state index is 9.05. The molecule has 4 aromatic rings. The molecule has 9 nitrogen and oxygen atoms in total. The van der Waals surface area contributed by atoms with Crippen LogP contribution in [0.3, 0.4) is 0 Å². The minimum absolute atomic E-state index is 0.0360. The van der Waals surface area contributed by atoms with Gasteiger partial charge in [0.15, 0.2) is 5.65 Å². The van der Waals surface area contributed by atoms with Crippen LogP contribution in [0.25, 0.3) is 28.6 Å². The molecule has 0 aromatic carbocycles. The highest BCUT2D eigenvalue weighted by Gasteiger charge is 2.18. The molecule has 28 heavy (non-hydrogen) atoms. The molecular formula is C18H16N8OS. The predicted molar refractivity (Wildman–Crippen MR) is 104 cm³/mol. The van der Waals surface area contributed by atoms with Crippen molar-refractivity contribution in [1.82, 2.24) is 39.7 Å². The number of aliphatic hydroxyl groups excluding tert-OH is 1. The van der Waals surface area contributed by atoms with E-state index >= 15 is 0 Å². The van der Waals surface area contributed by atoms with Gasteiger partial charge in [-0.2, -0.15) is 5.10 Å². The lowest BCUT2D eigenvalue weighted by molar-refractivity contribution is 0.269. The van der Waals surface area contributed by atoms with Crippen molar-refractivity contribution in [3.63, 3.8) is 0 Å². The van der Waals surface area contributed by atoms with Crippen molar-refractivity contribution in [2.45, 2.75) is 23.2 Å². The van der Waals surface area contributed by atoms with Gasteiger partial charge in [-0.25, -0.2) is 14.6 Å². The topological polar surface area (TPSA) is 107 Å². The fourth-order valence-electron chi connectivity index (χ4n) is 3.05. The van der Waals surface area contributed by atoms with E-state index in [1.54, 1.807) is 33.5 Å². The lowest BCUT2D eigenvalue weighted by atomic mass is 10.2. The van der Waals surface area contributed by atoms with Crippen LogP contribution in [0.4, 0.5) is 0 Å². The first-order valence-electron chi connectivity index (χ1n) is 8.79. The van der Waals surface area contributed by atoms with E-state index in [-0.39, 0.29) is 11.9 Å². The number of pyridine rings is 1. The lowest BCUT2D eigenvalue weighted by Crippen LogP contribution is -2.14. The molecule has 10 heteroatoms. The third-order valence-electron chi connectivity index (χ3n) is 4.42. The van der Waals surface area contributed by atoms with Crippen molar-refractivity contribution < 1.29 is 5.11 Å². The third kappa shape index (κ3) is 3.16. The molecule has 0 fully saturated rings. The average molecular weight is 392 g/mol. The Morgan fingerprint density at radius 2 is 2.18 bits per heavy atom. The zero-order chi connectivity index (χ0) is 18.9. The Kier molecular flexibility index (Phi) is 4.34. The van der Waals surface area contributed by atoms with Gasteiger partial charge in [0, 0.05) is 39.9 Å². The zero-order valence-corrected chi connectivity index (χ0v) is 15.6. The standard InChI is InChI=1S/C18H16N8OS/c27-6-5-25-10-13(8-21-25)15-9-20-17-18(22-15)26(24-23-17)11-14-2-1-12-7-19-4-3-16(12)28-14/h1-4,7-10,14,27H,5-6,11H2. The maximum absolute atomic E-state index is 9.05. The Morgan fingerprint density at radius 3 is 3.11 bits per heavy atom. The number of rotatable bonds is 5. The summed E-state index contributed by atoms with van der Waals surface area (Å²) >= 11 is 1.77. The van der Waals surface area contributed by atoms with Crippen LogP contribution in [0.5, 0.6) is 0 Å². The summed E-state index contributed by atoms with van der Waals surface area (Å²) in [4.78, 5) is 14.5. The van der Waals surface area contributed by atoms with E-state index in [9.17, 15) is 0 Å². The first-order valence-corrected chi connectivity index (χ1v) is 9.67. The minimum Gasteiger partial charge on any atom is -0.394 e. The first kappa shape index (κ1) is 17.0. The monoisotopic (exact) mass is 392 g/mol. The number of nitrogens with zero attached hydrogens (tertiary/aromatic N) is 8. The summed E-state index contributed by atoms with van der Waals surface area (Å²) in [6.07, 6.45) is 13.1. The molecule has 0 saturated carbocycles. The number of hydrogen-bond acceptors (Lipinski definition) is 8. The van der Waals surface area contributed by atoms with Crippen LogP contribution in [-0.2, 0) is 13.1 Å². The van der Waals surface area contributed by atoms with Crippen molar-refractivity contribution in [2.75, 3.05) is 6.61 Å². The Labute approximate surface area is 164 Å². The molecule has 1 unspecified atom stereocenters. The molecule has 1 N–H and O–H groups in total. The largest absolute Gasteiger partial charge is 0.394 e. The summed E-state index contributed by atoms with van der Waals surface area (Å²) in [6, 6.07) is 2.03. The molecule has 0 amide bonds. The van der Waals surface area contributed by atoms with Crippen molar-refractivity contribution >= 4 is 29.1 Å². The maximum Gasteiger partial charge on any atom is 0.221 e. The van der Waals surface area contributed by atoms with E-state index in [0.717, 1.165) is 11.1 Å². The highest BCUT2D eigenvalue weighted by molar-refractivity contribution is 8.00. The van der Waals surface area contributed by atoms with E-state index < -0.39 is 0 Å². The Morgan fingerprint density at radius 1 is 1.21 bits per heavy atom. The number of fused-ring (bicyclic) bond motifs is 2. The number of thioether (sulfide) groups is 1. The van der Waals surface area contributed by atoms with Crippen molar-refractivity contribution in [3.05, 3.63) is 48.7 Å². The second-order valence-electron chi connectivity index (χ2n) is 6.32. The fraction of sp³-hybridized carbons (Fsp3) is 0.222. The van der Waals surface area contributed by atoms with Crippen LogP contribution in [0.2, 0.25) is 0 Å². The summed E-state index contributed by atoms with van der Waals surface area (Å²) in [5, 5.41) is 21.9. The average Bonchev–Trinajstić information content (AvgIpc) is 3.35. The van der Waals surface area contributed by atoms with Gasteiger partial charge < -0.3 is 5.11 Å².